The molecule has 0 aliphatic carbocycles. The first-order valence-electron chi connectivity index (χ1n) is 23.7. The zero-order chi connectivity index (χ0) is 52.4. The Morgan fingerprint density at radius 1 is 0.577 bits per heavy atom. The molecule has 16 N–H and O–H groups in total. The van der Waals surface area contributed by atoms with Gasteiger partial charge in [-0.3, -0.25) is 29.2 Å². The highest BCUT2D eigenvalue weighted by Crippen LogP contribution is 2.18. The van der Waals surface area contributed by atoms with Crippen LogP contribution in [-0.4, -0.2) is 108 Å². The topological polar surface area (TPSA) is 328 Å². The quantitative estimate of drug-likeness (QED) is 0.0290. The average Bonchev–Trinajstić information content (AvgIpc) is 3.31. The summed E-state index contributed by atoms with van der Waals surface area (Å²) in [5.74, 6) is -0.757. The summed E-state index contributed by atoms with van der Waals surface area (Å²) in [6.07, 6.45) is 2.90. The van der Waals surface area contributed by atoms with Crippen molar-refractivity contribution in [3.8, 4) is 0 Å². The zero-order valence-corrected chi connectivity index (χ0v) is 43.0. The van der Waals surface area contributed by atoms with Crippen LogP contribution in [0.2, 0.25) is 10.0 Å². The monoisotopic (exact) mass is 1020 g/mol. The molecular weight excluding hydrogens is 948 g/mol. The van der Waals surface area contributed by atoms with E-state index in [4.69, 9.17) is 57.6 Å². The van der Waals surface area contributed by atoms with E-state index in [1.807, 2.05) is 52.0 Å². The molecule has 0 aliphatic rings. The maximum absolute atomic E-state index is 13.6. The Balaban J connectivity index is 1.49. The predicted molar refractivity (Wildman–Crippen MR) is 288 cm³/mol. The number of nitrogens with zero attached hydrogens (tertiary/aromatic N) is 6. The molecule has 0 fully saturated rings. The number of nitrogens with two attached hydrogens (primary N) is 6. The normalized spacial score (nSPS) is 13.2. The smallest absolute Gasteiger partial charge is 0.223 e. The molecule has 0 heterocycles. The molecule has 20 nitrogen and oxygen atoms in total. The van der Waals surface area contributed by atoms with Crippen LogP contribution in [0.4, 0.5) is 11.4 Å². The van der Waals surface area contributed by atoms with Crippen LogP contribution in [0.5, 0.6) is 0 Å². The van der Waals surface area contributed by atoms with Gasteiger partial charge in [0.1, 0.15) is 0 Å². The summed E-state index contributed by atoms with van der Waals surface area (Å²) in [5, 5.41) is 12.6. The molecule has 4 amide bonds. The number of halogens is 2. The van der Waals surface area contributed by atoms with Gasteiger partial charge in [0.05, 0.1) is 0 Å². The summed E-state index contributed by atoms with van der Waals surface area (Å²) >= 11 is 11.8. The fourth-order valence-corrected chi connectivity index (χ4v) is 6.69. The highest BCUT2D eigenvalue weighted by molar-refractivity contribution is 6.31. The summed E-state index contributed by atoms with van der Waals surface area (Å²) in [4.78, 5) is 72.5. The van der Waals surface area contributed by atoms with Gasteiger partial charge >= 0.3 is 0 Å². The molecule has 1 atom stereocenters. The average molecular weight is 1020 g/mol. The molecule has 3 aromatic rings. The molecule has 3 rings (SSSR count). The number of rotatable bonds is 27. The van der Waals surface area contributed by atoms with E-state index in [1.54, 1.807) is 58.3 Å². The lowest BCUT2D eigenvalue weighted by atomic mass is 9.95. The van der Waals surface area contributed by atoms with Crippen LogP contribution in [0.25, 0.3) is 0 Å². The number of anilines is 2. The molecule has 3 aromatic carbocycles. The second kappa shape index (κ2) is 30.3. The van der Waals surface area contributed by atoms with E-state index >= 15 is 0 Å². The minimum absolute atomic E-state index is 0.0107. The minimum Gasteiger partial charge on any atom is -0.369 e. The van der Waals surface area contributed by atoms with E-state index < -0.39 is 11.1 Å². The molecule has 0 spiro atoms. The van der Waals surface area contributed by atoms with Crippen LogP contribution in [0.1, 0.15) is 96.6 Å². The number of carbonyl (C=O) groups excluding carboxylic acids is 4. The van der Waals surface area contributed by atoms with Crippen molar-refractivity contribution in [3.63, 3.8) is 0 Å². The number of hydrogen-bond acceptors (Lipinski definition) is 8. The van der Waals surface area contributed by atoms with Crippen molar-refractivity contribution in [2.24, 2.45) is 54.4 Å². The largest absolute Gasteiger partial charge is 0.369 e. The Hall–Kier alpha value is -6.48. The molecule has 0 aliphatic heterocycles. The number of carbonyl (C=O) groups is 4. The second-order valence-electron chi connectivity index (χ2n) is 18.1. The van der Waals surface area contributed by atoms with Gasteiger partial charge in [-0.15, -0.1) is 0 Å². The number of hydrogen-bond donors (Lipinski definition) is 10. The third kappa shape index (κ3) is 25.8. The maximum Gasteiger partial charge on any atom is 0.223 e. The summed E-state index contributed by atoms with van der Waals surface area (Å²) < 4.78 is 0. The first-order valence-corrected chi connectivity index (χ1v) is 24.4. The van der Waals surface area contributed by atoms with Gasteiger partial charge in [-0.05, 0) is 113 Å². The lowest BCUT2D eigenvalue weighted by Crippen LogP contribution is -2.41. The standard InChI is InChI=1S/C49H74Cl2N16O4/c1-5-49(4,57)25-31-67(43(71)23-21-41(69)59-27-7-29-61-45(53)65-47(55)63-39-18-14-37(51)15-19-39)33-35-10-8-34(9-11-35)32-66(30-24-48(2,3)56)42(70)22-20-40(68)58-26-6-28-60-44(52)64-46(54)62-38-16-12-36(50)13-17-38/h8-19H,5-7,20-33,56-57H2,1-4H3,(H,58,68)(H,59,69)(H5,52,54,60,62,64)(H5,53,55,61,63,65). The van der Waals surface area contributed by atoms with Gasteiger partial charge < -0.3 is 65.5 Å². The molecule has 0 radical (unpaired) electrons. The van der Waals surface area contributed by atoms with E-state index in [0.29, 0.717) is 99.5 Å². The number of amides is 4. The number of aliphatic imine (C=N–C) groups is 4. The van der Waals surface area contributed by atoms with Crippen molar-refractivity contribution in [2.75, 3.05) is 49.9 Å². The third-order valence-corrected chi connectivity index (χ3v) is 11.5. The first-order chi connectivity index (χ1) is 33.6. The number of guanidine groups is 4. The van der Waals surface area contributed by atoms with Crippen molar-refractivity contribution < 1.29 is 19.2 Å². The molecule has 71 heavy (non-hydrogen) atoms. The first kappa shape index (κ1) is 58.8. The van der Waals surface area contributed by atoms with Crippen LogP contribution >= 0.6 is 23.2 Å². The summed E-state index contributed by atoms with van der Waals surface area (Å²) in [6.45, 7) is 10.5. The molecular formula is C49H74Cl2N16O4. The SMILES string of the molecule is CCC(C)(N)CCN(Cc1ccc(CN(CCC(C)(C)N)C(=O)CCC(=O)NCCCN=C(N)N=C(N)Nc2ccc(Cl)cc2)cc1)C(=O)CCC(=O)NCCCN=C(N)N=C(N)Nc1ccc(Cl)cc1. The Kier molecular flexibility index (Phi) is 25.1. The van der Waals surface area contributed by atoms with Crippen molar-refractivity contribution >= 4 is 82.0 Å². The summed E-state index contributed by atoms with van der Waals surface area (Å²) in [6, 6.07) is 21.5. The molecule has 0 saturated carbocycles. The Bertz CT molecular complexity index is 2280. The molecule has 388 valence electrons. The zero-order valence-electron chi connectivity index (χ0n) is 41.5. The van der Waals surface area contributed by atoms with Gasteiger partial charge in [0.2, 0.25) is 47.5 Å². The van der Waals surface area contributed by atoms with Gasteiger partial charge in [-0.1, -0.05) is 54.4 Å². The van der Waals surface area contributed by atoms with Crippen LogP contribution in [0.15, 0.2) is 92.8 Å². The summed E-state index contributed by atoms with van der Waals surface area (Å²) in [5.41, 5.74) is 38.5. The third-order valence-electron chi connectivity index (χ3n) is 11.0. The lowest BCUT2D eigenvalue weighted by molar-refractivity contribution is -0.134. The van der Waals surface area contributed by atoms with Crippen molar-refractivity contribution in [3.05, 3.63) is 94.0 Å². The second-order valence-corrected chi connectivity index (χ2v) is 19.0. The van der Waals surface area contributed by atoms with Crippen LogP contribution in [-0.2, 0) is 32.3 Å². The Labute approximate surface area is 427 Å². The van der Waals surface area contributed by atoms with Crippen LogP contribution in [0.3, 0.4) is 0 Å². The van der Waals surface area contributed by atoms with Crippen molar-refractivity contribution in [1.82, 2.24) is 20.4 Å². The molecule has 0 bridgehead atoms. The number of nitrogens with one attached hydrogen (secondary N) is 4. The van der Waals surface area contributed by atoms with Gasteiger partial charge in [-0.25, -0.2) is 0 Å². The molecule has 22 heteroatoms. The van der Waals surface area contributed by atoms with Crippen molar-refractivity contribution in [2.45, 2.75) is 110 Å². The molecule has 0 aromatic heterocycles. The fourth-order valence-electron chi connectivity index (χ4n) is 6.44. The van der Waals surface area contributed by atoms with E-state index in [0.717, 1.165) is 17.5 Å². The Morgan fingerprint density at radius 2 is 0.958 bits per heavy atom. The van der Waals surface area contributed by atoms with E-state index in [1.165, 1.54) is 0 Å². The molecule has 1 unspecified atom stereocenters. The van der Waals surface area contributed by atoms with E-state index in [2.05, 4.69) is 41.2 Å². The van der Waals surface area contributed by atoms with Crippen molar-refractivity contribution in [1.29, 1.82) is 0 Å². The van der Waals surface area contributed by atoms with Crippen LogP contribution in [0, 0.1) is 0 Å². The molecule has 0 saturated heterocycles. The van der Waals surface area contributed by atoms with Gasteiger partial charge in [0.25, 0.3) is 0 Å². The van der Waals surface area contributed by atoms with Gasteiger partial charge in [0.15, 0.2) is 0 Å². The Morgan fingerprint density at radius 3 is 1.32 bits per heavy atom. The highest BCUT2D eigenvalue weighted by atomic mass is 35.5. The van der Waals surface area contributed by atoms with E-state index in [9.17, 15) is 19.2 Å². The van der Waals surface area contributed by atoms with Crippen LogP contribution < -0.4 is 55.7 Å². The van der Waals surface area contributed by atoms with E-state index in [-0.39, 0.29) is 73.2 Å². The summed E-state index contributed by atoms with van der Waals surface area (Å²) in [7, 11) is 0. The number of benzene rings is 3. The highest BCUT2D eigenvalue weighted by Gasteiger charge is 2.23. The fraction of sp³-hybridized carbons (Fsp3) is 0.469. The predicted octanol–water partition coefficient (Wildman–Crippen LogP) is 4.35. The van der Waals surface area contributed by atoms with Gasteiger partial charge in [-0.2, -0.15) is 9.98 Å². The van der Waals surface area contributed by atoms with Gasteiger partial charge in [0, 0.05) is 111 Å². The maximum atomic E-state index is 13.6. The minimum atomic E-state index is -0.516. The lowest BCUT2D eigenvalue weighted by Gasteiger charge is -2.29.